The Labute approximate surface area is 241 Å². The molecule has 0 bridgehead atoms. The van der Waals surface area contributed by atoms with E-state index in [-0.39, 0.29) is 16.9 Å². The van der Waals surface area contributed by atoms with Crippen LogP contribution in [0.1, 0.15) is 43.5 Å². The molecule has 0 radical (unpaired) electrons. The molecule has 9 heteroatoms. The van der Waals surface area contributed by atoms with Gasteiger partial charge in [-0.1, -0.05) is 99.1 Å². The minimum absolute atomic E-state index is 0.164. The van der Waals surface area contributed by atoms with Gasteiger partial charge in [0.2, 0.25) is 21.8 Å². The van der Waals surface area contributed by atoms with E-state index in [1.54, 1.807) is 61.5 Å². The monoisotopic (exact) mass is 579 g/mol. The first-order chi connectivity index (χ1) is 18.8. The summed E-state index contributed by atoms with van der Waals surface area (Å²) in [4.78, 5) is 26.5. The highest BCUT2D eigenvalue weighted by Gasteiger charge is 2.50. The van der Waals surface area contributed by atoms with Crippen molar-refractivity contribution in [3.8, 4) is 0 Å². The summed E-state index contributed by atoms with van der Waals surface area (Å²) in [7, 11) is -4.09. The van der Waals surface area contributed by atoms with Gasteiger partial charge in [0.15, 0.2) is 0 Å². The molecule has 1 aliphatic heterocycles. The van der Waals surface area contributed by atoms with Crippen molar-refractivity contribution in [2.45, 2.75) is 57.1 Å². The number of amides is 2. The average molecular weight is 580 g/mol. The predicted octanol–water partition coefficient (Wildman–Crippen LogP) is 4.95. The van der Waals surface area contributed by atoms with Gasteiger partial charge in [-0.2, -0.15) is 4.31 Å². The van der Waals surface area contributed by atoms with Crippen molar-refractivity contribution in [1.29, 1.82) is 0 Å². The van der Waals surface area contributed by atoms with Crippen LogP contribution in [0.2, 0.25) is 5.02 Å². The number of rotatable bonds is 8. The Hall–Kier alpha value is -3.46. The van der Waals surface area contributed by atoms with E-state index in [0.29, 0.717) is 16.1 Å². The number of carbonyl (C=O) groups is 2. The third-order valence-electron chi connectivity index (χ3n) is 7.08. The van der Waals surface area contributed by atoms with Crippen molar-refractivity contribution in [2.24, 2.45) is 11.1 Å². The molecular weight excluding hydrogens is 546 g/mol. The van der Waals surface area contributed by atoms with Crippen LogP contribution in [0.25, 0.3) is 0 Å². The van der Waals surface area contributed by atoms with Gasteiger partial charge in [-0.3, -0.25) is 9.59 Å². The lowest BCUT2D eigenvalue weighted by atomic mass is 9.87. The van der Waals surface area contributed by atoms with E-state index in [9.17, 15) is 18.0 Å². The van der Waals surface area contributed by atoms with Crippen LogP contribution in [0.15, 0.2) is 95.4 Å². The van der Waals surface area contributed by atoms with Crippen LogP contribution >= 0.6 is 11.6 Å². The zero-order valence-electron chi connectivity index (χ0n) is 23.0. The van der Waals surface area contributed by atoms with E-state index in [1.807, 2.05) is 51.1 Å². The average Bonchev–Trinajstić information content (AvgIpc) is 3.32. The zero-order chi connectivity index (χ0) is 29.2. The second-order valence-corrected chi connectivity index (χ2v) is 13.4. The van der Waals surface area contributed by atoms with Gasteiger partial charge in [0.05, 0.1) is 10.9 Å². The largest absolute Gasteiger partial charge is 0.368 e. The molecule has 7 nitrogen and oxygen atoms in total. The van der Waals surface area contributed by atoms with Crippen molar-refractivity contribution >= 4 is 33.4 Å². The van der Waals surface area contributed by atoms with Gasteiger partial charge in [0.25, 0.3) is 0 Å². The summed E-state index contributed by atoms with van der Waals surface area (Å²) in [6, 6.07) is 20.2. The highest BCUT2D eigenvalue weighted by atomic mass is 35.5. The van der Waals surface area contributed by atoms with Crippen LogP contribution in [0.3, 0.4) is 0 Å². The highest BCUT2D eigenvalue weighted by molar-refractivity contribution is 7.89. The van der Waals surface area contributed by atoms with E-state index < -0.39 is 45.4 Å². The van der Waals surface area contributed by atoms with Crippen molar-refractivity contribution < 1.29 is 18.0 Å². The Morgan fingerprint density at radius 3 is 2.15 bits per heavy atom. The Morgan fingerprint density at radius 1 is 0.975 bits per heavy atom. The maximum absolute atomic E-state index is 14.4. The molecule has 40 heavy (non-hydrogen) atoms. The molecule has 1 aliphatic rings. The number of nitrogens with two attached hydrogens (primary N) is 1. The Bertz CT molecular complexity index is 1530. The summed E-state index contributed by atoms with van der Waals surface area (Å²) in [6.07, 6.45) is 1.90. The molecule has 0 aliphatic carbocycles. The van der Waals surface area contributed by atoms with E-state index in [0.717, 1.165) is 5.56 Å². The fourth-order valence-electron chi connectivity index (χ4n) is 5.00. The third kappa shape index (κ3) is 6.14. The minimum atomic E-state index is -4.09. The normalized spacial score (nSPS) is 18.7. The minimum Gasteiger partial charge on any atom is -0.368 e. The van der Waals surface area contributed by atoms with E-state index >= 15 is 0 Å². The number of benzene rings is 3. The fourth-order valence-corrected chi connectivity index (χ4v) is 7.26. The van der Waals surface area contributed by atoms with Gasteiger partial charge in [0.1, 0.15) is 6.04 Å². The summed E-state index contributed by atoms with van der Waals surface area (Å²) in [6.45, 7) is 7.52. The van der Waals surface area contributed by atoms with Gasteiger partial charge in [-0.15, -0.1) is 0 Å². The smallest absolute Gasteiger partial charge is 0.249 e. The number of halogens is 1. The molecule has 1 heterocycles. The van der Waals surface area contributed by atoms with Crippen LogP contribution in [-0.4, -0.2) is 36.6 Å². The first-order valence-electron chi connectivity index (χ1n) is 13.0. The molecule has 0 saturated heterocycles. The summed E-state index contributed by atoms with van der Waals surface area (Å²) >= 11 is 6.17. The van der Waals surface area contributed by atoms with Gasteiger partial charge in [-0.05, 0) is 47.2 Å². The number of hydrogen-bond donors (Lipinski definition) is 2. The lowest BCUT2D eigenvalue weighted by Crippen LogP contribution is -2.48. The molecule has 0 unspecified atom stereocenters. The molecule has 210 valence electrons. The first kappa shape index (κ1) is 29.5. The second kappa shape index (κ2) is 11.6. The number of aryl methyl sites for hydroxylation is 1. The summed E-state index contributed by atoms with van der Waals surface area (Å²) in [5, 5.41) is 3.26. The molecule has 0 saturated carbocycles. The van der Waals surface area contributed by atoms with Crippen LogP contribution < -0.4 is 11.1 Å². The molecule has 3 aromatic rings. The first-order valence-corrected chi connectivity index (χ1v) is 14.8. The molecule has 2 amide bonds. The molecular formula is C31H34ClN3O4S. The lowest BCUT2D eigenvalue weighted by molar-refractivity contribution is -0.125. The van der Waals surface area contributed by atoms with Crippen LogP contribution in [0.4, 0.5) is 0 Å². The predicted molar refractivity (Wildman–Crippen MR) is 157 cm³/mol. The van der Waals surface area contributed by atoms with Crippen LogP contribution in [0.5, 0.6) is 0 Å². The van der Waals surface area contributed by atoms with E-state index in [1.165, 1.54) is 4.31 Å². The molecule has 3 aromatic carbocycles. The summed E-state index contributed by atoms with van der Waals surface area (Å²) in [5.41, 5.74) is 7.34. The maximum Gasteiger partial charge on any atom is 0.249 e. The highest BCUT2D eigenvalue weighted by Crippen LogP contribution is 2.46. The van der Waals surface area contributed by atoms with Gasteiger partial charge < -0.3 is 11.1 Å². The SMILES string of the molecule is Cc1ccccc1S(=O)(=O)N1[C@@H](c2ccc(Cl)cc2)C(C(=O)N[C@@H](Cc2ccccc2)C(N)=O)=C[C@H]1C(C)(C)C. The van der Waals surface area contributed by atoms with E-state index in [2.05, 4.69) is 5.32 Å². The number of hydrogen-bond acceptors (Lipinski definition) is 4. The quantitative estimate of drug-likeness (QED) is 0.393. The van der Waals surface area contributed by atoms with E-state index in [4.69, 9.17) is 17.3 Å². The zero-order valence-corrected chi connectivity index (χ0v) is 24.5. The Balaban J connectivity index is 1.82. The number of nitrogens with one attached hydrogen (secondary N) is 1. The van der Waals surface area contributed by atoms with Crippen molar-refractivity contribution in [3.05, 3.63) is 112 Å². The number of carbonyl (C=O) groups excluding carboxylic acids is 2. The summed E-state index contributed by atoms with van der Waals surface area (Å²) in [5.74, 6) is -1.24. The summed E-state index contributed by atoms with van der Waals surface area (Å²) < 4.78 is 30.1. The fraction of sp³-hybridized carbons (Fsp3) is 0.290. The molecule has 0 spiro atoms. The second-order valence-electron chi connectivity index (χ2n) is 11.1. The van der Waals surface area contributed by atoms with Gasteiger partial charge in [0, 0.05) is 23.1 Å². The van der Waals surface area contributed by atoms with Gasteiger partial charge in [-0.25, -0.2) is 8.42 Å². The molecule has 0 aromatic heterocycles. The number of primary amides is 1. The van der Waals surface area contributed by atoms with Gasteiger partial charge >= 0.3 is 0 Å². The standard InChI is InChI=1S/C31H34ClN3O4S/c1-20-10-8-9-13-26(20)40(38,39)35-27(31(2,3)4)19-24(28(35)22-14-16-23(32)17-15-22)30(37)34-25(29(33)36)18-21-11-6-5-7-12-21/h5-17,19,25,27-28H,18H2,1-4H3,(H2,33,36)(H,34,37)/t25-,27-,28-/m0/s1. The van der Waals surface area contributed by atoms with Crippen molar-refractivity contribution in [2.75, 3.05) is 0 Å². The topological polar surface area (TPSA) is 110 Å². The molecule has 0 fully saturated rings. The third-order valence-corrected chi connectivity index (χ3v) is 9.34. The number of sulfonamides is 1. The van der Waals surface area contributed by atoms with Crippen molar-refractivity contribution in [1.82, 2.24) is 9.62 Å². The molecule has 4 rings (SSSR count). The van der Waals surface area contributed by atoms with Crippen LogP contribution in [0, 0.1) is 12.3 Å². The Kier molecular flexibility index (Phi) is 8.54. The Morgan fingerprint density at radius 2 is 1.57 bits per heavy atom. The van der Waals surface area contributed by atoms with Crippen molar-refractivity contribution in [3.63, 3.8) is 0 Å². The molecule has 3 atom stereocenters. The van der Waals surface area contributed by atoms with Crippen LogP contribution in [-0.2, 0) is 26.0 Å². The molecule has 3 N–H and O–H groups in total. The lowest BCUT2D eigenvalue weighted by Gasteiger charge is -2.37. The number of nitrogens with zero attached hydrogens (tertiary/aromatic N) is 1. The maximum atomic E-state index is 14.4.